The Hall–Kier alpha value is 0.525. The van der Waals surface area contributed by atoms with Crippen molar-refractivity contribution in [3.8, 4) is 0 Å². The van der Waals surface area contributed by atoms with Crippen molar-refractivity contribution in [1.82, 2.24) is 0 Å². The molecule has 0 bridgehead atoms. The molecule has 0 rings (SSSR count). The van der Waals surface area contributed by atoms with Crippen molar-refractivity contribution in [3.05, 3.63) is 10.1 Å². The zero-order valence-corrected chi connectivity index (χ0v) is 6.20. The van der Waals surface area contributed by atoms with Gasteiger partial charge in [0.15, 0.2) is 0 Å². The average Bonchev–Trinajstić information content (AvgIpc) is 0.811. The Morgan fingerprint density at radius 2 is 1.67 bits per heavy atom. The van der Waals surface area contributed by atoms with E-state index in [2.05, 4.69) is 0 Å². The van der Waals surface area contributed by atoms with Crippen molar-refractivity contribution in [2.75, 3.05) is 0 Å². The molecule has 0 heterocycles. The third kappa shape index (κ3) is 204. The van der Waals surface area contributed by atoms with Gasteiger partial charge in [0.25, 0.3) is 5.09 Å². The first-order valence-corrected chi connectivity index (χ1v) is 0.565. The molecule has 0 aliphatic heterocycles. The van der Waals surface area contributed by atoms with E-state index in [0.717, 1.165) is 0 Å². The molecule has 0 unspecified atom stereocenters. The Morgan fingerprint density at radius 3 is 1.67 bits per heavy atom. The molecule has 0 saturated carbocycles. The Balaban J connectivity index is -0.0000000450. The number of hydrogen-bond donors (Lipinski definition) is 1. The van der Waals surface area contributed by atoms with Crippen LogP contribution in [0, 0.1) is 10.1 Å². The third-order valence-electron chi connectivity index (χ3n) is 0. The molecule has 6 heteroatoms. The Kier molecular flexibility index (Phi) is 24.3. The van der Waals surface area contributed by atoms with Gasteiger partial charge in [0, 0.05) is 40.9 Å². The molecule has 34 valence electrons. The predicted octanol–water partition coefficient (Wildman–Crippen LogP) is -0.353. The molecule has 0 amide bonds. The molecule has 6 heavy (non-hydrogen) atoms. The van der Waals surface area contributed by atoms with E-state index < -0.39 is 5.09 Å². The standard InChI is InChI=1S/HNO3.Nb.V/c2-1(3)4;;/h(H,2,3,4);;. The van der Waals surface area contributed by atoms with E-state index in [1.165, 1.54) is 0 Å². The second-order valence-electron chi connectivity index (χ2n) is 0.238. The monoisotopic (exact) mass is 207 g/mol. The molecule has 2 radical (unpaired) electrons. The van der Waals surface area contributed by atoms with Gasteiger partial charge in [-0.05, 0) is 0 Å². The Bertz CT molecular complexity index is 33.8. The first-order chi connectivity index (χ1) is 1.73. The van der Waals surface area contributed by atoms with E-state index in [1.54, 1.807) is 0 Å². The minimum Gasteiger partial charge on any atom is -0.328 e. The van der Waals surface area contributed by atoms with Crippen LogP contribution >= 0.6 is 0 Å². The smallest absolute Gasteiger partial charge is 0.291 e. The van der Waals surface area contributed by atoms with E-state index in [1.807, 2.05) is 0 Å². The Morgan fingerprint density at radius 1 is 1.67 bits per heavy atom. The molecule has 4 nitrogen and oxygen atoms in total. The number of nitrogens with zero attached hydrogens (tertiary/aromatic N) is 1. The summed E-state index contributed by atoms with van der Waals surface area (Å²) in [5.41, 5.74) is 0. The predicted molar refractivity (Wildman–Crippen MR) is 8.78 cm³/mol. The molecule has 0 aromatic heterocycles. The Labute approximate surface area is 61.4 Å². The molecule has 0 fully saturated rings. The topological polar surface area (TPSA) is 63.4 Å². The quantitative estimate of drug-likeness (QED) is 0.335. The number of rotatable bonds is 0. The van der Waals surface area contributed by atoms with E-state index >= 15 is 0 Å². The third-order valence-corrected chi connectivity index (χ3v) is 0. The van der Waals surface area contributed by atoms with Crippen molar-refractivity contribution in [3.63, 3.8) is 0 Å². The maximum atomic E-state index is 8.36. The second-order valence-corrected chi connectivity index (χ2v) is 0.238. The van der Waals surface area contributed by atoms with Gasteiger partial charge in [-0.1, -0.05) is 0 Å². The van der Waals surface area contributed by atoms with Gasteiger partial charge in [-0.25, -0.2) is 0 Å². The average molecular weight is 207 g/mol. The van der Waals surface area contributed by atoms with Crippen LogP contribution in [-0.2, 0) is 40.9 Å². The zero-order chi connectivity index (χ0) is 3.58. The van der Waals surface area contributed by atoms with Crippen LogP contribution in [0.3, 0.4) is 0 Å². The van der Waals surface area contributed by atoms with Gasteiger partial charge in [0.2, 0.25) is 0 Å². The summed E-state index contributed by atoms with van der Waals surface area (Å²) in [6.07, 6.45) is 0. The molecular formula is HNNbO3V. The van der Waals surface area contributed by atoms with Crippen LogP contribution in [0.25, 0.3) is 0 Å². The summed E-state index contributed by atoms with van der Waals surface area (Å²) in [6.45, 7) is 0. The van der Waals surface area contributed by atoms with Gasteiger partial charge in [-0.2, -0.15) is 0 Å². The largest absolute Gasteiger partial charge is 0.328 e. The summed E-state index contributed by atoms with van der Waals surface area (Å²) in [5.74, 6) is 0. The van der Waals surface area contributed by atoms with Gasteiger partial charge in [0.1, 0.15) is 0 Å². The van der Waals surface area contributed by atoms with Gasteiger partial charge in [-0.3, -0.25) is 0 Å². The fraction of sp³-hybridized carbons (Fsp3) is 0. The molecule has 0 aliphatic rings. The second kappa shape index (κ2) is 9.10. The van der Waals surface area contributed by atoms with Crippen molar-refractivity contribution in [2.24, 2.45) is 0 Å². The van der Waals surface area contributed by atoms with Crippen LogP contribution in [0.15, 0.2) is 0 Å². The molecule has 0 spiro atoms. The fourth-order valence-corrected chi connectivity index (χ4v) is 0. The van der Waals surface area contributed by atoms with Crippen LogP contribution < -0.4 is 0 Å². The summed E-state index contributed by atoms with van der Waals surface area (Å²) in [7, 11) is 0. The summed E-state index contributed by atoms with van der Waals surface area (Å²) in [4.78, 5) is 8.36. The summed E-state index contributed by atoms with van der Waals surface area (Å²) < 4.78 is 0. The van der Waals surface area contributed by atoms with E-state index in [-0.39, 0.29) is 40.9 Å². The van der Waals surface area contributed by atoms with Crippen LogP contribution in [-0.4, -0.2) is 10.3 Å². The van der Waals surface area contributed by atoms with Crippen molar-refractivity contribution < 1.29 is 51.2 Å². The normalized spacial score (nSPS) is 4.00. The van der Waals surface area contributed by atoms with Crippen LogP contribution in [0.5, 0.6) is 0 Å². The summed E-state index contributed by atoms with van der Waals surface area (Å²) >= 11 is 0. The molecule has 0 aliphatic carbocycles. The minimum atomic E-state index is -1.50. The van der Waals surface area contributed by atoms with Crippen LogP contribution in [0.1, 0.15) is 0 Å². The molecule has 0 aromatic carbocycles. The molecular weight excluding hydrogens is 206 g/mol. The first-order valence-electron chi connectivity index (χ1n) is 0.565. The first kappa shape index (κ1) is 16.0. The summed E-state index contributed by atoms with van der Waals surface area (Å²) in [6, 6.07) is 0. The van der Waals surface area contributed by atoms with Gasteiger partial charge in [-0.15, -0.1) is 10.1 Å². The minimum absolute atomic E-state index is 0. The molecule has 0 saturated heterocycles. The van der Waals surface area contributed by atoms with Crippen LogP contribution in [0.2, 0.25) is 0 Å². The fourth-order valence-electron chi connectivity index (χ4n) is 0. The molecule has 0 aromatic rings. The summed E-state index contributed by atoms with van der Waals surface area (Å²) in [5, 5.41) is 13.6. The van der Waals surface area contributed by atoms with Crippen molar-refractivity contribution >= 4 is 0 Å². The maximum absolute atomic E-state index is 8.36. The van der Waals surface area contributed by atoms with Gasteiger partial charge in [0.05, 0.1) is 0 Å². The maximum Gasteiger partial charge on any atom is 0.291 e. The van der Waals surface area contributed by atoms with Crippen molar-refractivity contribution in [1.29, 1.82) is 0 Å². The van der Waals surface area contributed by atoms with Gasteiger partial charge < -0.3 is 5.21 Å². The van der Waals surface area contributed by atoms with Gasteiger partial charge >= 0.3 is 0 Å². The van der Waals surface area contributed by atoms with E-state index in [4.69, 9.17) is 15.3 Å². The van der Waals surface area contributed by atoms with Crippen molar-refractivity contribution in [2.45, 2.75) is 0 Å². The molecule has 0 atom stereocenters. The zero-order valence-electron chi connectivity index (χ0n) is 2.61. The van der Waals surface area contributed by atoms with E-state index in [9.17, 15) is 0 Å². The van der Waals surface area contributed by atoms with E-state index in [0.29, 0.717) is 0 Å². The number of hydrogen-bond acceptors (Lipinski definition) is 2. The SMILES string of the molecule is O=[N+]([O-])O.[Nb].[V]. The van der Waals surface area contributed by atoms with Crippen LogP contribution in [0.4, 0.5) is 0 Å². The molecule has 1 N–H and O–H groups in total.